The maximum Gasteiger partial charge on any atom is 0.227 e. The molecule has 0 spiro atoms. The van der Waals surface area contributed by atoms with Crippen LogP contribution in [0.3, 0.4) is 0 Å². The third-order valence-electron chi connectivity index (χ3n) is 4.30. The molecular weight excluding hydrogens is 288 g/mol. The Kier molecular flexibility index (Phi) is 6.39. The van der Waals surface area contributed by atoms with Crippen LogP contribution in [0.4, 0.5) is 5.69 Å². The molecular formula is C19H26N2O2. The topological polar surface area (TPSA) is 58.2 Å². The molecule has 2 N–H and O–H groups in total. The van der Waals surface area contributed by atoms with E-state index in [9.17, 15) is 9.59 Å². The van der Waals surface area contributed by atoms with Gasteiger partial charge in [-0.25, -0.2) is 0 Å². The Morgan fingerprint density at radius 1 is 1.35 bits per heavy atom. The molecule has 0 bridgehead atoms. The summed E-state index contributed by atoms with van der Waals surface area (Å²) in [6.45, 7) is 4.40. The van der Waals surface area contributed by atoms with Crippen LogP contribution in [0.1, 0.15) is 45.1 Å². The molecule has 1 aromatic carbocycles. The molecule has 0 saturated heterocycles. The molecule has 0 radical (unpaired) electrons. The van der Waals surface area contributed by atoms with Crippen molar-refractivity contribution < 1.29 is 9.59 Å². The number of hydrogen-bond acceptors (Lipinski definition) is 2. The zero-order chi connectivity index (χ0) is 16.7. The molecule has 4 heteroatoms. The van der Waals surface area contributed by atoms with Gasteiger partial charge in [-0.3, -0.25) is 9.59 Å². The van der Waals surface area contributed by atoms with Crippen molar-refractivity contribution in [2.45, 2.75) is 46.1 Å². The quantitative estimate of drug-likeness (QED) is 0.755. The van der Waals surface area contributed by atoms with Gasteiger partial charge in [0, 0.05) is 24.6 Å². The number of hydrogen-bond donors (Lipinski definition) is 2. The van der Waals surface area contributed by atoms with Crippen LogP contribution in [0.15, 0.2) is 36.4 Å². The maximum absolute atomic E-state index is 11.9. The Bertz CT molecular complexity index is 580. The second-order valence-electron chi connectivity index (χ2n) is 6.25. The number of carbonyl (C=O) groups is 2. The monoisotopic (exact) mass is 314 g/mol. The molecule has 0 aliphatic heterocycles. The molecule has 1 aliphatic rings. The van der Waals surface area contributed by atoms with Gasteiger partial charge in [-0.05, 0) is 42.9 Å². The molecule has 1 aromatic rings. The van der Waals surface area contributed by atoms with E-state index in [1.807, 2.05) is 38.1 Å². The van der Waals surface area contributed by atoms with Crippen molar-refractivity contribution in [2.75, 3.05) is 5.32 Å². The summed E-state index contributed by atoms with van der Waals surface area (Å²) in [6.07, 6.45) is 7.80. The number of anilines is 1. The van der Waals surface area contributed by atoms with E-state index in [4.69, 9.17) is 0 Å². The first-order valence-electron chi connectivity index (χ1n) is 8.41. The maximum atomic E-state index is 11.9. The second kappa shape index (κ2) is 8.51. The highest BCUT2D eigenvalue weighted by atomic mass is 16.2. The fraction of sp³-hybridized carbons (Fsp3) is 0.474. The SMILES string of the molecule is CC[C@@H](C)C(=O)Nc1cccc(CNC(=O)C[C@H]2C=CCC2)c1. The van der Waals surface area contributed by atoms with Crippen LogP contribution >= 0.6 is 0 Å². The van der Waals surface area contributed by atoms with Gasteiger partial charge in [0.25, 0.3) is 0 Å². The van der Waals surface area contributed by atoms with Crippen LogP contribution in [-0.4, -0.2) is 11.8 Å². The molecule has 0 aromatic heterocycles. The van der Waals surface area contributed by atoms with Crippen molar-refractivity contribution >= 4 is 17.5 Å². The number of nitrogens with one attached hydrogen (secondary N) is 2. The number of allylic oxidation sites excluding steroid dienone is 2. The summed E-state index contributed by atoms with van der Waals surface area (Å²) in [5.41, 5.74) is 1.77. The van der Waals surface area contributed by atoms with Gasteiger partial charge in [-0.1, -0.05) is 38.1 Å². The third-order valence-corrected chi connectivity index (χ3v) is 4.30. The molecule has 0 fully saturated rings. The minimum atomic E-state index is -0.00201. The van der Waals surface area contributed by atoms with Gasteiger partial charge in [-0.2, -0.15) is 0 Å². The normalized spacial score (nSPS) is 17.7. The molecule has 0 unspecified atom stereocenters. The van der Waals surface area contributed by atoms with Crippen molar-refractivity contribution in [1.29, 1.82) is 0 Å². The van der Waals surface area contributed by atoms with E-state index in [1.165, 1.54) is 0 Å². The van der Waals surface area contributed by atoms with Crippen molar-refractivity contribution in [3.63, 3.8) is 0 Å². The smallest absolute Gasteiger partial charge is 0.227 e. The fourth-order valence-corrected chi connectivity index (χ4v) is 2.59. The van der Waals surface area contributed by atoms with Gasteiger partial charge in [0.1, 0.15) is 0 Å². The largest absolute Gasteiger partial charge is 0.352 e. The highest BCUT2D eigenvalue weighted by molar-refractivity contribution is 5.92. The minimum absolute atomic E-state index is 0.00201. The Labute approximate surface area is 138 Å². The van der Waals surface area contributed by atoms with Gasteiger partial charge in [0.2, 0.25) is 11.8 Å². The molecule has 124 valence electrons. The Hall–Kier alpha value is -2.10. The van der Waals surface area contributed by atoms with Crippen molar-refractivity contribution in [1.82, 2.24) is 5.32 Å². The van der Waals surface area contributed by atoms with E-state index in [-0.39, 0.29) is 17.7 Å². The van der Waals surface area contributed by atoms with E-state index in [0.29, 0.717) is 18.9 Å². The van der Waals surface area contributed by atoms with Gasteiger partial charge in [0.05, 0.1) is 0 Å². The minimum Gasteiger partial charge on any atom is -0.352 e. The zero-order valence-electron chi connectivity index (χ0n) is 14.0. The Morgan fingerprint density at radius 2 is 2.17 bits per heavy atom. The standard InChI is InChI=1S/C19H26N2O2/c1-3-14(2)19(23)21-17-10-6-9-16(11-17)13-20-18(22)12-15-7-4-5-8-15/h4,6-7,9-11,14-15H,3,5,8,12-13H2,1-2H3,(H,20,22)(H,21,23)/t14-,15+/m1/s1. The molecule has 4 nitrogen and oxygen atoms in total. The average Bonchev–Trinajstić information content (AvgIpc) is 3.05. The highest BCUT2D eigenvalue weighted by Gasteiger charge is 2.14. The summed E-state index contributed by atoms with van der Waals surface area (Å²) in [5, 5.41) is 5.87. The first-order valence-corrected chi connectivity index (χ1v) is 8.41. The third kappa shape index (κ3) is 5.55. The number of rotatable bonds is 7. The average molecular weight is 314 g/mol. The van der Waals surface area contributed by atoms with Gasteiger partial charge < -0.3 is 10.6 Å². The Morgan fingerprint density at radius 3 is 2.87 bits per heavy atom. The molecule has 0 saturated carbocycles. The summed E-state index contributed by atoms with van der Waals surface area (Å²) in [5.74, 6) is 0.492. The summed E-state index contributed by atoms with van der Waals surface area (Å²) < 4.78 is 0. The molecule has 2 rings (SSSR count). The lowest BCUT2D eigenvalue weighted by molar-refractivity contribution is -0.122. The van der Waals surface area contributed by atoms with E-state index >= 15 is 0 Å². The molecule has 0 heterocycles. The molecule has 2 amide bonds. The van der Waals surface area contributed by atoms with Crippen LogP contribution in [0.25, 0.3) is 0 Å². The summed E-state index contributed by atoms with van der Waals surface area (Å²) in [4.78, 5) is 23.9. The highest BCUT2D eigenvalue weighted by Crippen LogP contribution is 2.20. The summed E-state index contributed by atoms with van der Waals surface area (Å²) >= 11 is 0. The number of benzene rings is 1. The summed E-state index contributed by atoms with van der Waals surface area (Å²) in [7, 11) is 0. The lowest BCUT2D eigenvalue weighted by atomic mass is 10.0. The molecule has 1 aliphatic carbocycles. The lowest BCUT2D eigenvalue weighted by Crippen LogP contribution is -2.24. The first-order chi connectivity index (χ1) is 11.1. The van der Waals surface area contributed by atoms with E-state index in [2.05, 4.69) is 22.8 Å². The predicted octanol–water partition coefficient (Wildman–Crippen LogP) is 3.64. The molecule has 23 heavy (non-hydrogen) atoms. The zero-order valence-corrected chi connectivity index (χ0v) is 14.0. The van der Waals surface area contributed by atoms with Gasteiger partial charge in [-0.15, -0.1) is 0 Å². The van der Waals surface area contributed by atoms with Crippen molar-refractivity contribution in [3.05, 3.63) is 42.0 Å². The van der Waals surface area contributed by atoms with Crippen LogP contribution in [-0.2, 0) is 16.1 Å². The van der Waals surface area contributed by atoms with E-state index in [1.54, 1.807) is 0 Å². The number of carbonyl (C=O) groups excluding carboxylic acids is 2. The lowest BCUT2D eigenvalue weighted by Gasteiger charge is -2.12. The molecule has 2 atom stereocenters. The van der Waals surface area contributed by atoms with E-state index < -0.39 is 0 Å². The predicted molar refractivity (Wildman–Crippen MR) is 92.9 cm³/mol. The number of amides is 2. The van der Waals surface area contributed by atoms with Crippen LogP contribution < -0.4 is 10.6 Å². The first kappa shape index (κ1) is 17.3. The fourth-order valence-electron chi connectivity index (χ4n) is 2.59. The van der Waals surface area contributed by atoms with Gasteiger partial charge in [0.15, 0.2) is 0 Å². The van der Waals surface area contributed by atoms with E-state index in [0.717, 1.165) is 30.5 Å². The van der Waals surface area contributed by atoms with Crippen LogP contribution in [0.5, 0.6) is 0 Å². The van der Waals surface area contributed by atoms with Crippen molar-refractivity contribution in [3.8, 4) is 0 Å². The van der Waals surface area contributed by atoms with Crippen LogP contribution in [0.2, 0.25) is 0 Å². The van der Waals surface area contributed by atoms with Gasteiger partial charge >= 0.3 is 0 Å². The summed E-state index contributed by atoms with van der Waals surface area (Å²) in [6, 6.07) is 7.63. The van der Waals surface area contributed by atoms with Crippen LogP contribution in [0, 0.1) is 11.8 Å². The second-order valence-corrected chi connectivity index (χ2v) is 6.25. The van der Waals surface area contributed by atoms with Crippen molar-refractivity contribution in [2.24, 2.45) is 11.8 Å². The Balaban J connectivity index is 1.83.